The first-order valence-electron chi connectivity index (χ1n) is 13.8. The van der Waals surface area contributed by atoms with Gasteiger partial charge < -0.3 is 15.0 Å². The van der Waals surface area contributed by atoms with Gasteiger partial charge in [0.15, 0.2) is 5.82 Å². The molecule has 0 fully saturated rings. The van der Waals surface area contributed by atoms with E-state index in [0.29, 0.717) is 11.7 Å². The molecule has 0 amide bonds. The van der Waals surface area contributed by atoms with E-state index in [0.717, 1.165) is 89.6 Å². The van der Waals surface area contributed by atoms with Crippen LogP contribution in [0.4, 0.5) is 17.3 Å². The molecular weight excluding hydrogens is 472 g/mol. The first kappa shape index (κ1) is 27.3. The van der Waals surface area contributed by atoms with Crippen LogP contribution in [0.15, 0.2) is 48.9 Å². The fraction of sp³-hybridized carbons (Fsp3) is 0.419. The molecule has 0 bridgehead atoms. The Hall–Kier alpha value is -3.74. The Bertz CT molecular complexity index is 1350. The summed E-state index contributed by atoms with van der Waals surface area (Å²) in [4.78, 5) is 21.1. The van der Waals surface area contributed by atoms with E-state index in [9.17, 15) is 0 Å². The third-order valence-electron chi connectivity index (χ3n) is 6.91. The number of hydrogen-bond donors (Lipinski definition) is 1. The molecule has 3 aromatic heterocycles. The monoisotopic (exact) mass is 512 g/mol. The molecule has 0 saturated carbocycles. The summed E-state index contributed by atoms with van der Waals surface area (Å²) in [6.45, 7) is 15.0. The van der Waals surface area contributed by atoms with Crippen LogP contribution < -0.4 is 15.0 Å². The first-order valence-corrected chi connectivity index (χ1v) is 13.8. The van der Waals surface area contributed by atoms with Crippen LogP contribution in [0.5, 0.6) is 11.5 Å². The predicted octanol–water partition coefficient (Wildman–Crippen LogP) is 7.79. The molecule has 0 spiro atoms. The van der Waals surface area contributed by atoms with Gasteiger partial charge in [0, 0.05) is 24.5 Å². The number of unbranched alkanes of at least 4 members (excludes halogenated alkanes) is 1. The SMILES string of the molecule is CCCCN(CC(C)CC)c1nc2c(Nc3ccc(Oc4ccc(CC)nc4)c(C)c3)ncnc2cc1C. The van der Waals surface area contributed by atoms with Crippen LogP contribution in [0.2, 0.25) is 0 Å². The molecule has 0 radical (unpaired) electrons. The zero-order chi connectivity index (χ0) is 27.1. The topological polar surface area (TPSA) is 76.1 Å². The highest BCUT2D eigenvalue weighted by molar-refractivity contribution is 5.89. The van der Waals surface area contributed by atoms with Gasteiger partial charge in [0.1, 0.15) is 29.2 Å². The highest BCUT2D eigenvalue weighted by atomic mass is 16.5. The molecular formula is C31H40N6O. The van der Waals surface area contributed by atoms with Gasteiger partial charge in [-0.1, -0.05) is 40.5 Å². The second kappa shape index (κ2) is 12.7. The number of aryl methyl sites for hydroxylation is 3. The molecule has 4 aromatic rings. The Kier molecular flexibility index (Phi) is 9.10. The Morgan fingerprint density at radius 2 is 1.82 bits per heavy atom. The molecule has 0 aliphatic heterocycles. The fourth-order valence-corrected chi connectivity index (χ4v) is 4.41. The number of benzene rings is 1. The van der Waals surface area contributed by atoms with Crippen molar-refractivity contribution in [1.82, 2.24) is 19.9 Å². The average molecular weight is 513 g/mol. The molecule has 1 unspecified atom stereocenters. The van der Waals surface area contributed by atoms with Crippen molar-refractivity contribution >= 4 is 28.4 Å². The standard InChI is InChI=1S/C31H40N6O/c1-7-10-15-37(19-21(4)8-2)31-23(6)17-27-29(36-31)30(34-20-33-27)35-25-12-14-28(22(5)16-25)38-26-13-11-24(9-3)32-18-26/h11-14,16-18,20-21H,7-10,15,19H2,1-6H3,(H,33,34,35). The van der Waals surface area contributed by atoms with Crippen molar-refractivity contribution in [3.05, 3.63) is 65.7 Å². The van der Waals surface area contributed by atoms with Crippen LogP contribution in [-0.4, -0.2) is 33.0 Å². The zero-order valence-electron chi connectivity index (χ0n) is 23.6. The van der Waals surface area contributed by atoms with Crippen molar-refractivity contribution in [2.45, 2.75) is 67.2 Å². The number of nitrogens with zero attached hydrogens (tertiary/aromatic N) is 5. The van der Waals surface area contributed by atoms with Gasteiger partial charge in [-0.2, -0.15) is 0 Å². The number of aromatic nitrogens is 4. The molecule has 7 heteroatoms. The maximum atomic E-state index is 6.08. The highest BCUT2D eigenvalue weighted by Gasteiger charge is 2.17. The van der Waals surface area contributed by atoms with E-state index in [1.54, 1.807) is 12.5 Å². The minimum atomic E-state index is 0.595. The molecule has 1 aromatic carbocycles. The second-order valence-electron chi connectivity index (χ2n) is 10.1. The molecule has 7 nitrogen and oxygen atoms in total. The smallest absolute Gasteiger partial charge is 0.160 e. The zero-order valence-corrected chi connectivity index (χ0v) is 23.6. The maximum absolute atomic E-state index is 6.08. The summed E-state index contributed by atoms with van der Waals surface area (Å²) in [6.07, 6.45) is 7.70. The molecule has 0 saturated heterocycles. The van der Waals surface area contributed by atoms with Gasteiger partial charge in [0.2, 0.25) is 0 Å². The first-order chi connectivity index (χ1) is 18.4. The quantitative estimate of drug-likeness (QED) is 0.208. The van der Waals surface area contributed by atoms with E-state index in [1.807, 2.05) is 31.2 Å². The molecule has 38 heavy (non-hydrogen) atoms. The fourth-order valence-electron chi connectivity index (χ4n) is 4.41. The van der Waals surface area contributed by atoms with Gasteiger partial charge in [0.05, 0.1) is 11.7 Å². The Morgan fingerprint density at radius 1 is 0.974 bits per heavy atom. The summed E-state index contributed by atoms with van der Waals surface area (Å²) in [5, 5.41) is 3.47. The number of hydrogen-bond acceptors (Lipinski definition) is 7. The highest BCUT2D eigenvalue weighted by Crippen LogP contribution is 2.31. The van der Waals surface area contributed by atoms with E-state index in [2.05, 4.69) is 71.9 Å². The van der Waals surface area contributed by atoms with Gasteiger partial charge in [-0.25, -0.2) is 15.0 Å². The Balaban J connectivity index is 1.61. The van der Waals surface area contributed by atoms with Gasteiger partial charge >= 0.3 is 0 Å². The number of fused-ring (bicyclic) bond motifs is 1. The molecule has 200 valence electrons. The normalized spacial score (nSPS) is 11.9. The van der Waals surface area contributed by atoms with E-state index < -0.39 is 0 Å². The maximum Gasteiger partial charge on any atom is 0.160 e. The number of pyridine rings is 2. The summed E-state index contributed by atoms with van der Waals surface area (Å²) in [5.74, 6) is 3.83. The van der Waals surface area contributed by atoms with Gasteiger partial charge in [0.25, 0.3) is 0 Å². The number of rotatable bonds is 12. The van der Waals surface area contributed by atoms with Crippen molar-refractivity contribution in [3.8, 4) is 11.5 Å². The summed E-state index contributed by atoms with van der Waals surface area (Å²) < 4.78 is 6.08. The molecule has 4 rings (SSSR count). The van der Waals surface area contributed by atoms with Crippen molar-refractivity contribution in [2.75, 3.05) is 23.3 Å². The summed E-state index contributed by atoms with van der Waals surface area (Å²) in [5.41, 5.74) is 5.73. The predicted molar refractivity (Wildman–Crippen MR) is 157 cm³/mol. The van der Waals surface area contributed by atoms with Crippen LogP contribution in [0.3, 0.4) is 0 Å². The molecule has 3 heterocycles. The van der Waals surface area contributed by atoms with Crippen molar-refractivity contribution < 1.29 is 4.74 Å². The molecule has 0 aliphatic rings. The van der Waals surface area contributed by atoms with Crippen LogP contribution >= 0.6 is 0 Å². The molecule has 1 atom stereocenters. The van der Waals surface area contributed by atoms with E-state index in [-0.39, 0.29) is 0 Å². The lowest BCUT2D eigenvalue weighted by molar-refractivity contribution is 0.476. The van der Waals surface area contributed by atoms with Gasteiger partial charge in [-0.15, -0.1) is 0 Å². The number of nitrogens with one attached hydrogen (secondary N) is 1. The number of anilines is 3. The van der Waals surface area contributed by atoms with E-state index in [1.165, 1.54) is 0 Å². The van der Waals surface area contributed by atoms with Crippen LogP contribution in [0.1, 0.15) is 63.8 Å². The largest absolute Gasteiger partial charge is 0.455 e. The van der Waals surface area contributed by atoms with E-state index in [4.69, 9.17) is 9.72 Å². The summed E-state index contributed by atoms with van der Waals surface area (Å²) >= 11 is 0. The van der Waals surface area contributed by atoms with Crippen LogP contribution in [0.25, 0.3) is 11.0 Å². The minimum Gasteiger partial charge on any atom is -0.455 e. The Labute approximate surface area is 226 Å². The van der Waals surface area contributed by atoms with E-state index >= 15 is 0 Å². The number of ether oxygens (including phenoxy) is 1. The van der Waals surface area contributed by atoms with Crippen molar-refractivity contribution in [3.63, 3.8) is 0 Å². The van der Waals surface area contributed by atoms with Crippen LogP contribution in [0, 0.1) is 19.8 Å². The summed E-state index contributed by atoms with van der Waals surface area (Å²) in [6, 6.07) is 12.1. The van der Waals surface area contributed by atoms with Crippen molar-refractivity contribution in [2.24, 2.45) is 5.92 Å². The summed E-state index contributed by atoms with van der Waals surface area (Å²) in [7, 11) is 0. The van der Waals surface area contributed by atoms with Gasteiger partial charge in [-0.3, -0.25) is 4.98 Å². The van der Waals surface area contributed by atoms with Crippen LogP contribution in [-0.2, 0) is 6.42 Å². The lowest BCUT2D eigenvalue weighted by Gasteiger charge is -2.28. The average Bonchev–Trinajstić information content (AvgIpc) is 2.92. The minimum absolute atomic E-state index is 0.595. The Morgan fingerprint density at radius 3 is 2.50 bits per heavy atom. The van der Waals surface area contributed by atoms with Gasteiger partial charge in [-0.05, 0) is 80.1 Å². The lowest BCUT2D eigenvalue weighted by atomic mass is 10.1. The molecule has 1 N–H and O–H groups in total. The third-order valence-corrected chi connectivity index (χ3v) is 6.91. The van der Waals surface area contributed by atoms with Crippen molar-refractivity contribution in [1.29, 1.82) is 0 Å². The molecule has 0 aliphatic carbocycles. The third kappa shape index (κ3) is 6.57. The second-order valence-corrected chi connectivity index (χ2v) is 10.1. The lowest BCUT2D eigenvalue weighted by Crippen LogP contribution is -2.31.